The number of hydrogen-bond acceptors (Lipinski definition) is 8. The van der Waals surface area contributed by atoms with Crippen LogP contribution in [0.25, 0.3) is 11.1 Å². The molecule has 0 aliphatic carbocycles. The van der Waals surface area contributed by atoms with Crippen molar-refractivity contribution in [2.24, 2.45) is 28.3 Å². The molecule has 296 valence electrons. The van der Waals surface area contributed by atoms with E-state index in [9.17, 15) is 19.2 Å². The van der Waals surface area contributed by atoms with Crippen molar-refractivity contribution in [3.63, 3.8) is 0 Å². The number of oxazole rings is 1. The fraction of sp³-hybridized carbons (Fsp3) is 0.333. The number of fused-ring (bicyclic) bond motifs is 1. The molecule has 1 saturated heterocycles. The fourth-order valence-corrected chi connectivity index (χ4v) is 7.42. The second-order valence-electron chi connectivity index (χ2n) is 14.6. The summed E-state index contributed by atoms with van der Waals surface area (Å²) < 4.78 is 11.4. The first-order valence-corrected chi connectivity index (χ1v) is 19.6. The maximum Gasteiger partial charge on any atom is 0.408 e. The molecule has 5 aromatic rings. The van der Waals surface area contributed by atoms with Crippen molar-refractivity contribution in [3.05, 3.63) is 138 Å². The largest absolute Gasteiger partial charge is 0.445 e. The van der Waals surface area contributed by atoms with Crippen molar-refractivity contribution in [1.82, 2.24) is 15.2 Å². The summed E-state index contributed by atoms with van der Waals surface area (Å²) in [6.45, 7) is 0.648. The van der Waals surface area contributed by atoms with Gasteiger partial charge in [-0.1, -0.05) is 103 Å². The summed E-state index contributed by atoms with van der Waals surface area (Å²) in [7, 11) is 0. The normalized spacial score (nSPS) is 16.1. The van der Waals surface area contributed by atoms with Gasteiger partial charge in [-0.15, -0.1) is 0 Å². The van der Waals surface area contributed by atoms with Crippen LogP contribution >= 0.6 is 0 Å². The number of aliphatic imine (C=N–C) groups is 1. The molecule has 0 bridgehead atoms. The maximum absolute atomic E-state index is 14.7. The van der Waals surface area contributed by atoms with Crippen LogP contribution in [0.5, 0.6) is 0 Å². The Balaban J connectivity index is 1.24. The van der Waals surface area contributed by atoms with Gasteiger partial charge < -0.3 is 30.8 Å². The Morgan fingerprint density at radius 1 is 0.825 bits per heavy atom. The quantitative estimate of drug-likeness (QED) is 0.0369. The monoisotopic (exact) mass is 770 g/mol. The number of nitrogens with zero attached hydrogens (tertiary/aromatic N) is 3. The Morgan fingerprint density at radius 3 is 2.12 bits per heavy atom. The zero-order valence-electron chi connectivity index (χ0n) is 32.0. The Labute approximate surface area is 332 Å². The van der Waals surface area contributed by atoms with E-state index in [0.717, 1.165) is 24.0 Å². The SMILES string of the molecule is NC(N)=NCCC[C@H](CC(=O)[C@@H]1C[C@@H](CCc2ccccc2)CN1C(=O)[C@@H](CCc1ccccc1)NC(=O)OCc1ccccc1)C(=O)c1nc2ccccc2o1. The molecule has 1 aliphatic heterocycles. The molecule has 4 atom stereocenters. The van der Waals surface area contributed by atoms with Gasteiger partial charge >= 0.3 is 6.09 Å². The molecule has 1 fully saturated rings. The van der Waals surface area contributed by atoms with Crippen molar-refractivity contribution >= 4 is 40.6 Å². The number of rotatable bonds is 19. The third-order valence-electron chi connectivity index (χ3n) is 10.4. The Kier molecular flexibility index (Phi) is 14.2. The first-order chi connectivity index (χ1) is 27.7. The average molecular weight is 771 g/mol. The molecule has 57 heavy (non-hydrogen) atoms. The summed E-state index contributed by atoms with van der Waals surface area (Å²) in [6, 6.07) is 34.4. The molecule has 1 aliphatic rings. The van der Waals surface area contributed by atoms with Gasteiger partial charge in [0.05, 0.1) is 6.04 Å². The molecule has 12 nitrogen and oxygen atoms in total. The highest BCUT2D eigenvalue weighted by atomic mass is 16.5. The van der Waals surface area contributed by atoms with Gasteiger partial charge in [-0.25, -0.2) is 9.78 Å². The number of amides is 2. The van der Waals surface area contributed by atoms with E-state index in [2.05, 4.69) is 27.4 Å². The summed E-state index contributed by atoms with van der Waals surface area (Å²) in [6.07, 6.45) is 2.63. The van der Waals surface area contributed by atoms with E-state index in [1.54, 1.807) is 29.2 Å². The lowest BCUT2D eigenvalue weighted by molar-refractivity contribution is -0.139. The minimum atomic E-state index is -0.964. The Morgan fingerprint density at radius 2 is 1.46 bits per heavy atom. The predicted molar refractivity (Wildman–Crippen MR) is 218 cm³/mol. The van der Waals surface area contributed by atoms with Gasteiger partial charge in [0.25, 0.3) is 5.89 Å². The predicted octanol–water partition coefficient (Wildman–Crippen LogP) is 6.42. The van der Waals surface area contributed by atoms with Gasteiger partial charge in [-0.05, 0) is 79.7 Å². The summed E-state index contributed by atoms with van der Waals surface area (Å²) in [5, 5.41) is 2.83. The van der Waals surface area contributed by atoms with Crippen molar-refractivity contribution in [3.8, 4) is 0 Å². The average Bonchev–Trinajstić information content (AvgIpc) is 3.88. The van der Waals surface area contributed by atoms with E-state index in [1.807, 2.05) is 78.9 Å². The molecule has 2 heterocycles. The molecule has 4 aromatic carbocycles. The number of carbonyl (C=O) groups is 4. The number of ketones is 2. The highest BCUT2D eigenvalue weighted by molar-refractivity contribution is 6.00. The van der Waals surface area contributed by atoms with Crippen LogP contribution in [0.2, 0.25) is 0 Å². The highest BCUT2D eigenvalue weighted by Crippen LogP contribution is 2.32. The number of nitrogens with two attached hydrogens (primary N) is 2. The molecule has 2 amide bonds. The Bertz CT molecular complexity index is 2090. The van der Waals surface area contributed by atoms with E-state index in [1.165, 1.54) is 5.56 Å². The number of Topliss-reactive ketones (excluding diaryl/α,β-unsaturated/α-hetero) is 2. The Hall–Kier alpha value is -6.30. The van der Waals surface area contributed by atoms with Crippen LogP contribution in [0, 0.1) is 11.8 Å². The topological polar surface area (TPSA) is 183 Å². The first-order valence-electron chi connectivity index (χ1n) is 19.6. The lowest BCUT2D eigenvalue weighted by Gasteiger charge is -2.29. The number of benzene rings is 4. The second-order valence-corrected chi connectivity index (χ2v) is 14.6. The molecule has 5 N–H and O–H groups in total. The van der Waals surface area contributed by atoms with Crippen LogP contribution in [0.1, 0.15) is 65.9 Å². The number of nitrogens with one attached hydrogen (secondary N) is 1. The van der Waals surface area contributed by atoms with E-state index < -0.39 is 29.9 Å². The minimum absolute atomic E-state index is 0.0102. The molecule has 6 rings (SSSR count). The van der Waals surface area contributed by atoms with Gasteiger partial charge in [0.2, 0.25) is 11.7 Å². The lowest BCUT2D eigenvalue weighted by atomic mass is 9.88. The maximum atomic E-state index is 14.7. The number of aromatic nitrogens is 1. The van der Waals surface area contributed by atoms with Crippen LogP contribution in [0.4, 0.5) is 4.79 Å². The zero-order valence-corrected chi connectivity index (χ0v) is 32.0. The van der Waals surface area contributed by atoms with Crippen LogP contribution < -0.4 is 16.8 Å². The summed E-state index contributed by atoms with van der Waals surface area (Å²) in [4.78, 5) is 66.6. The fourth-order valence-electron chi connectivity index (χ4n) is 7.42. The van der Waals surface area contributed by atoms with Crippen LogP contribution in [-0.4, -0.2) is 64.6 Å². The van der Waals surface area contributed by atoms with Crippen LogP contribution in [-0.2, 0) is 33.8 Å². The third kappa shape index (κ3) is 11.6. The van der Waals surface area contributed by atoms with Crippen molar-refractivity contribution in [2.75, 3.05) is 13.1 Å². The standard InChI is InChI=1S/C45H50N6O6/c46-44(47)48-26-12-19-35(41(53)42-49-36-20-10-11-21-40(36)57-42)28-39(52)38-27-34(23-22-31-13-4-1-5-14-31)29-51(38)43(54)37(25-24-32-15-6-2-7-16-32)50-45(55)56-30-33-17-8-3-9-18-33/h1-11,13-18,20-21,34-35,37-38H,12,19,22-30H2,(H,50,55)(H4,46,47,48)/t34-,35-,37-,38+/m1/s1. The molecule has 0 radical (unpaired) electrons. The van der Waals surface area contributed by atoms with Crippen LogP contribution in [0.15, 0.2) is 125 Å². The van der Waals surface area contributed by atoms with Crippen molar-refractivity contribution in [2.45, 2.75) is 70.1 Å². The van der Waals surface area contributed by atoms with Crippen molar-refractivity contribution in [1.29, 1.82) is 0 Å². The number of aryl methyl sites for hydroxylation is 2. The first kappa shape index (κ1) is 40.4. The van der Waals surface area contributed by atoms with Gasteiger partial charge in [0.1, 0.15) is 18.2 Å². The summed E-state index contributed by atoms with van der Waals surface area (Å²) in [5.74, 6) is -1.92. The molecule has 12 heteroatoms. The van der Waals surface area contributed by atoms with Gasteiger partial charge in [0, 0.05) is 25.4 Å². The number of guanidine groups is 1. The van der Waals surface area contributed by atoms with Gasteiger partial charge in [-0.2, -0.15) is 0 Å². The molecule has 0 saturated carbocycles. The van der Waals surface area contributed by atoms with E-state index >= 15 is 0 Å². The van der Waals surface area contributed by atoms with E-state index in [0.29, 0.717) is 49.7 Å². The van der Waals surface area contributed by atoms with Crippen LogP contribution in [0.3, 0.4) is 0 Å². The number of para-hydroxylation sites is 2. The number of hydrogen-bond donors (Lipinski definition) is 3. The minimum Gasteiger partial charge on any atom is -0.445 e. The van der Waals surface area contributed by atoms with Gasteiger partial charge in [-0.3, -0.25) is 19.4 Å². The van der Waals surface area contributed by atoms with Gasteiger partial charge in [0.15, 0.2) is 17.3 Å². The third-order valence-corrected chi connectivity index (χ3v) is 10.4. The molecular formula is C45H50N6O6. The molecule has 0 unspecified atom stereocenters. The molecule has 1 aromatic heterocycles. The molecule has 0 spiro atoms. The second kappa shape index (κ2) is 20.0. The van der Waals surface area contributed by atoms with E-state index in [4.69, 9.17) is 20.6 Å². The summed E-state index contributed by atoms with van der Waals surface area (Å²) >= 11 is 0. The number of likely N-dealkylation sites (tertiary alicyclic amines) is 1. The number of alkyl carbamates (subject to hydrolysis) is 1. The number of ether oxygens (including phenoxy) is 1. The highest BCUT2D eigenvalue weighted by Gasteiger charge is 2.43. The number of carbonyl (C=O) groups excluding carboxylic acids is 4. The van der Waals surface area contributed by atoms with E-state index in [-0.39, 0.29) is 49.0 Å². The summed E-state index contributed by atoms with van der Waals surface area (Å²) in [5.41, 5.74) is 15.1. The zero-order chi connectivity index (χ0) is 40.0. The lowest BCUT2D eigenvalue weighted by Crippen LogP contribution is -2.52. The molecular weight excluding hydrogens is 721 g/mol. The smallest absolute Gasteiger partial charge is 0.408 e. The van der Waals surface area contributed by atoms with Crippen molar-refractivity contribution < 1.29 is 28.3 Å².